The number of fused-ring (bicyclic) bond motifs is 1. The van der Waals surface area contributed by atoms with Crippen molar-refractivity contribution in [2.24, 2.45) is 0 Å². The molecule has 2 atom stereocenters. The van der Waals surface area contributed by atoms with Crippen LogP contribution in [-0.4, -0.2) is 28.0 Å². The average Bonchev–Trinajstić information content (AvgIpc) is 3.08. The quantitative estimate of drug-likeness (QED) is 0.634. The first-order valence-corrected chi connectivity index (χ1v) is 10.2. The fraction of sp³-hybridized carbons (Fsp3) is 0.200. The van der Waals surface area contributed by atoms with Crippen LogP contribution in [0.3, 0.4) is 0 Å². The summed E-state index contributed by atoms with van der Waals surface area (Å²) in [5, 5.41) is 18.5. The Balaban J connectivity index is 1.65. The summed E-state index contributed by atoms with van der Waals surface area (Å²) in [5.41, 5.74) is 3.27. The van der Waals surface area contributed by atoms with Crippen LogP contribution in [0.2, 0.25) is 0 Å². The van der Waals surface area contributed by atoms with Crippen LogP contribution in [0.25, 0.3) is 0 Å². The second kappa shape index (κ2) is 8.90. The fourth-order valence-corrected chi connectivity index (χ4v) is 4.04. The number of rotatable bonds is 6. The van der Waals surface area contributed by atoms with Gasteiger partial charge in [0.15, 0.2) is 0 Å². The molecule has 0 aliphatic carbocycles. The number of nitriles is 1. The smallest absolute Gasteiger partial charge is 0.304 e. The molecule has 3 aromatic rings. The molecule has 0 radical (unpaired) electrons. The predicted octanol–water partition coefficient (Wildman–Crippen LogP) is 4.14. The SMILES string of the molecule is CC1C(CC(=O)O)c2cc(OCc3cccnc3)ccc2N1C(=O)c1ccc(C#N)cc1. The van der Waals surface area contributed by atoms with Gasteiger partial charge in [-0.15, -0.1) is 0 Å². The van der Waals surface area contributed by atoms with Gasteiger partial charge in [0.05, 0.1) is 18.1 Å². The molecule has 7 heteroatoms. The number of hydrogen-bond donors (Lipinski definition) is 1. The number of aromatic nitrogens is 1. The maximum Gasteiger partial charge on any atom is 0.304 e. The zero-order chi connectivity index (χ0) is 22.7. The van der Waals surface area contributed by atoms with Gasteiger partial charge in [-0.1, -0.05) is 6.07 Å². The first-order valence-electron chi connectivity index (χ1n) is 10.2. The lowest BCUT2D eigenvalue weighted by molar-refractivity contribution is -0.137. The summed E-state index contributed by atoms with van der Waals surface area (Å²) in [6.45, 7) is 2.19. The molecule has 2 aromatic carbocycles. The number of carbonyl (C=O) groups is 2. The van der Waals surface area contributed by atoms with Crippen LogP contribution >= 0.6 is 0 Å². The number of ether oxygens (including phenoxy) is 1. The molecule has 1 amide bonds. The van der Waals surface area contributed by atoms with Gasteiger partial charge in [-0.3, -0.25) is 14.6 Å². The Hall–Kier alpha value is -4.18. The molecule has 1 N–H and O–H groups in total. The highest BCUT2D eigenvalue weighted by atomic mass is 16.5. The number of anilines is 1. The number of pyridine rings is 1. The van der Waals surface area contributed by atoms with Crippen molar-refractivity contribution < 1.29 is 19.4 Å². The summed E-state index contributed by atoms with van der Waals surface area (Å²) in [6.07, 6.45) is 3.31. The number of aliphatic carboxylic acids is 1. The van der Waals surface area contributed by atoms with Crippen molar-refractivity contribution in [1.29, 1.82) is 5.26 Å². The fourth-order valence-electron chi connectivity index (χ4n) is 4.04. The van der Waals surface area contributed by atoms with E-state index in [9.17, 15) is 14.7 Å². The highest BCUT2D eigenvalue weighted by Gasteiger charge is 2.40. The highest BCUT2D eigenvalue weighted by molar-refractivity contribution is 6.08. The van der Waals surface area contributed by atoms with Crippen molar-refractivity contribution in [3.63, 3.8) is 0 Å². The van der Waals surface area contributed by atoms with Gasteiger partial charge in [0, 0.05) is 41.2 Å². The molecule has 2 unspecified atom stereocenters. The maximum absolute atomic E-state index is 13.3. The first-order chi connectivity index (χ1) is 15.5. The minimum atomic E-state index is -0.929. The molecular weight excluding hydrogens is 406 g/mol. The molecule has 1 aromatic heterocycles. The summed E-state index contributed by atoms with van der Waals surface area (Å²) in [4.78, 5) is 30.6. The van der Waals surface area contributed by atoms with E-state index in [4.69, 9.17) is 10.00 Å². The zero-order valence-electron chi connectivity index (χ0n) is 17.4. The van der Waals surface area contributed by atoms with Gasteiger partial charge >= 0.3 is 5.97 Å². The summed E-state index contributed by atoms with van der Waals surface area (Å²) in [7, 11) is 0. The van der Waals surface area contributed by atoms with E-state index in [1.165, 1.54) is 0 Å². The summed E-state index contributed by atoms with van der Waals surface area (Å²) < 4.78 is 5.89. The minimum Gasteiger partial charge on any atom is -0.489 e. The van der Waals surface area contributed by atoms with Crippen LogP contribution in [-0.2, 0) is 11.4 Å². The van der Waals surface area contributed by atoms with Gasteiger partial charge in [-0.2, -0.15) is 5.26 Å². The first kappa shape index (κ1) is 21.1. The standard InChI is InChI=1S/C25H21N3O4/c1-16-21(12-24(29)30)22-11-20(32-15-18-3-2-10-27-14-18)8-9-23(22)28(16)25(31)19-6-4-17(13-26)5-7-19/h2-11,14,16,21H,12,15H2,1H3,(H,29,30). The van der Waals surface area contributed by atoms with Gasteiger partial charge in [0.25, 0.3) is 5.91 Å². The van der Waals surface area contributed by atoms with Crippen molar-refractivity contribution in [1.82, 2.24) is 4.98 Å². The molecular formula is C25H21N3O4. The molecule has 0 bridgehead atoms. The lowest BCUT2D eigenvalue weighted by Gasteiger charge is -2.25. The Labute approximate surface area is 185 Å². The topological polar surface area (TPSA) is 104 Å². The van der Waals surface area contributed by atoms with E-state index in [0.717, 1.165) is 11.1 Å². The second-order valence-electron chi connectivity index (χ2n) is 7.68. The normalized spacial score (nSPS) is 16.8. The van der Waals surface area contributed by atoms with Crippen LogP contribution in [0.5, 0.6) is 5.75 Å². The van der Waals surface area contributed by atoms with Crippen LogP contribution in [0.1, 0.15) is 46.3 Å². The second-order valence-corrected chi connectivity index (χ2v) is 7.68. The Kier molecular flexibility index (Phi) is 5.86. The van der Waals surface area contributed by atoms with Crippen LogP contribution in [0.15, 0.2) is 67.0 Å². The highest BCUT2D eigenvalue weighted by Crippen LogP contribution is 2.45. The van der Waals surface area contributed by atoms with Gasteiger partial charge in [0.1, 0.15) is 12.4 Å². The van der Waals surface area contributed by atoms with Gasteiger partial charge in [-0.05, 0) is 61.0 Å². The Morgan fingerprint density at radius 3 is 2.62 bits per heavy atom. The van der Waals surface area contributed by atoms with Gasteiger partial charge < -0.3 is 14.7 Å². The number of hydrogen-bond acceptors (Lipinski definition) is 5. The van der Waals surface area contributed by atoms with Crippen LogP contribution in [0, 0.1) is 11.3 Å². The summed E-state index contributed by atoms with van der Waals surface area (Å²) in [6, 6.07) is 17.3. The van der Waals surface area contributed by atoms with E-state index >= 15 is 0 Å². The van der Waals surface area contributed by atoms with Crippen molar-refractivity contribution in [3.05, 3.63) is 89.2 Å². The molecule has 0 saturated carbocycles. The van der Waals surface area contributed by atoms with E-state index < -0.39 is 5.97 Å². The molecule has 7 nitrogen and oxygen atoms in total. The third-order valence-corrected chi connectivity index (χ3v) is 5.65. The van der Waals surface area contributed by atoms with Crippen molar-refractivity contribution in [2.75, 3.05) is 4.90 Å². The molecule has 4 rings (SSSR count). The average molecular weight is 427 g/mol. The van der Waals surface area contributed by atoms with E-state index in [1.807, 2.05) is 31.2 Å². The Morgan fingerprint density at radius 1 is 1.19 bits per heavy atom. The monoisotopic (exact) mass is 427 g/mol. The Morgan fingerprint density at radius 2 is 1.97 bits per heavy atom. The van der Waals surface area contributed by atoms with E-state index in [2.05, 4.69) is 4.98 Å². The third-order valence-electron chi connectivity index (χ3n) is 5.65. The third kappa shape index (κ3) is 4.16. The molecule has 0 spiro atoms. The summed E-state index contributed by atoms with van der Waals surface area (Å²) >= 11 is 0. The molecule has 0 saturated heterocycles. The number of amides is 1. The molecule has 1 aliphatic rings. The molecule has 0 fully saturated rings. The number of carboxylic acids is 1. The largest absolute Gasteiger partial charge is 0.489 e. The number of carbonyl (C=O) groups excluding carboxylic acids is 1. The van der Waals surface area contributed by atoms with E-state index in [0.29, 0.717) is 29.2 Å². The number of benzene rings is 2. The van der Waals surface area contributed by atoms with E-state index in [1.54, 1.807) is 53.7 Å². The minimum absolute atomic E-state index is 0.0998. The lowest BCUT2D eigenvalue weighted by atomic mass is 9.92. The number of carboxylic acid groups (broad SMARTS) is 1. The summed E-state index contributed by atoms with van der Waals surface area (Å²) in [5.74, 6) is -0.933. The van der Waals surface area contributed by atoms with Gasteiger partial charge in [-0.25, -0.2) is 0 Å². The van der Waals surface area contributed by atoms with Crippen LogP contribution in [0.4, 0.5) is 5.69 Å². The Bertz CT molecular complexity index is 1190. The molecule has 32 heavy (non-hydrogen) atoms. The number of nitrogens with zero attached hydrogens (tertiary/aromatic N) is 3. The van der Waals surface area contributed by atoms with E-state index in [-0.39, 0.29) is 24.3 Å². The van der Waals surface area contributed by atoms with Crippen molar-refractivity contribution in [2.45, 2.75) is 31.9 Å². The molecule has 160 valence electrons. The molecule has 1 aliphatic heterocycles. The van der Waals surface area contributed by atoms with Crippen LogP contribution < -0.4 is 9.64 Å². The van der Waals surface area contributed by atoms with Crippen molar-refractivity contribution >= 4 is 17.6 Å². The zero-order valence-corrected chi connectivity index (χ0v) is 17.4. The maximum atomic E-state index is 13.3. The molecule has 2 heterocycles. The lowest BCUT2D eigenvalue weighted by Crippen LogP contribution is -2.37. The van der Waals surface area contributed by atoms with Crippen molar-refractivity contribution in [3.8, 4) is 11.8 Å². The predicted molar refractivity (Wildman–Crippen MR) is 117 cm³/mol. The van der Waals surface area contributed by atoms with Gasteiger partial charge in [0.2, 0.25) is 0 Å².